The molecule has 17 heavy (non-hydrogen) atoms. The molecule has 92 valence electrons. The maximum Gasteiger partial charge on any atom is 0.252 e. The Morgan fingerprint density at radius 3 is 2.82 bits per heavy atom. The Morgan fingerprint density at radius 1 is 1.53 bits per heavy atom. The van der Waals surface area contributed by atoms with E-state index in [1.165, 1.54) is 0 Å². The average Bonchev–Trinajstić information content (AvgIpc) is 2.79. The van der Waals surface area contributed by atoms with Crippen LogP contribution in [0.5, 0.6) is 0 Å². The van der Waals surface area contributed by atoms with Crippen molar-refractivity contribution in [1.82, 2.24) is 10.3 Å². The molecule has 1 aromatic heterocycles. The molecule has 2 rings (SSSR count). The number of hydrogen-bond acceptors (Lipinski definition) is 3. The van der Waals surface area contributed by atoms with Gasteiger partial charge in [0.1, 0.15) is 0 Å². The lowest BCUT2D eigenvalue weighted by Crippen LogP contribution is -2.49. The van der Waals surface area contributed by atoms with Gasteiger partial charge < -0.3 is 10.4 Å². The number of rotatable bonds is 3. The number of nitrogens with zero attached hydrogens (tertiary/aromatic N) is 1. The summed E-state index contributed by atoms with van der Waals surface area (Å²) in [6.45, 7) is 0.0143. The van der Waals surface area contributed by atoms with E-state index in [-0.39, 0.29) is 12.5 Å². The van der Waals surface area contributed by atoms with Crippen molar-refractivity contribution in [1.29, 1.82) is 0 Å². The lowest BCUT2D eigenvalue weighted by Gasteiger charge is -2.28. The molecule has 0 aliphatic heterocycles. The standard InChI is InChI=1S/C12H15IN2O2/c13-10-7-14-6-3-9(10)11(17)15-12(8-16)4-1-2-5-12/h3,6-7,16H,1-2,4-5,8H2,(H,15,17). The Hall–Kier alpha value is -0.690. The first-order valence-corrected chi connectivity index (χ1v) is 6.78. The van der Waals surface area contributed by atoms with Crippen LogP contribution >= 0.6 is 22.6 Å². The van der Waals surface area contributed by atoms with Gasteiger partial charge in [-0.15, -0.1) is 0 Å². The summed E-state index contributed by atoms with van der Waals surface area (Å²) in [5.74, 6) is -0.118. The Labute approximate surface area is 114 Å². The zero-order valence-electron chi connectivity index (χ0n) is 9.45. The van der Waals surface area contributed by atoms with Crippen molar-refractivity contribution in [3.8, 4) is 0 Å². The Balaban J connectivity index is 2.14. The molecule has 0 radical (unpaired) electrons. The molecule has 1 aliphatic carbocycles. The number of aromatic nitrogens is 1. The van der Waals surface area contributed by atoms with Crippen molar-refractivity contribution < 1.29 is 9.90 Å². The first-order valence-electron chi connectivity index (χ1n) is 5.70. The number of carbonyl (C=O) groups excluding carboxylic acids is 1. The maximum absolute atomic E-state index is 12.1. The summed E-state index contributed by atoms with van der Waals surface area (Å²) >= 11 is 2.09. The van der Waals surface area contributed by atoms with E-state index in [1.807, 2.05) is 0 Å². The molecule has 1 aromatic rings. The molecule has 2 N–H and O–H groups in total. The van der Waals surface area contributed by atoms with E-state index in [0.717, 1.165) is 29.3 Å². The van der Waals surface area contributed by atoms with E-state index in [0.29, 0.717) is 5.56 Å². The fraction of sp³-hybridized carbons (Fsp3) is 0.500. The number of carbonyl (C=O) groups is 1. The largest absolute Gasteiger partial charge is 0.394 e. The molecule has 5 heteroatoms. The minimum atomic E-state index is -0.413. The summed E-state index contributed by atoms with van der Waals surface area (Å²) in [6.07, 6.45) is 7.11. The summed E-state index contributed by atoms with van der Waals surface area (Å²) < 4.78 is 0.827. The van der Waals surface area contributed by atoms with Crippen LogP contribution in [0.2, 0.25) is 0 Å². The highest BCUT2D eigenvalue weighted by Crippen LogP contribution is 2.29. The van der Waals surface area contributed by atoms with E-state index < -0.39 is 5.54 Å². The third-order valence-electron chi connectivity index (χ3n) is 3.26. The average molecular weight is 346 g/mol. The molecule has 4 nitrogen and oxygen atoms in total. The second-order valence-electron chi connectivity index (χ2n) is 4.46. The normalized spacial score (nSPS) is 18.0. The number of aliphatic hydroxyl groups excluding tert-OH is 1. The molecular formula is C12H15IN2O2. The molecule has 0 spiro atoms. The number of amides is 1. The van der Waals surface area contributed by atoms with Crippen molar-refractivity contribution in [2.75, 3.05) is 6.61 Å². The first-order chi connectivity index (χ1) is 8.17. The maximum atomic E-state index is 12.1. The first kappa shape index (κ1) is 12.8. The second-order valence-corrected chi connectivity index (χ2v) is 5.62. The Morgan fingerprint density at radius 2 is 2.24 bits per heavy atom. The van der Waals surface area contributed by atoms with Crippen LogP contribution in [0.25, 0.3) is 0 Å². The van der Waals surface area contributed by atoms with Gasteiger partial charge in [-0.3, -0.25) is 9.78 Å². The smallest absolute Gasteiger partial charge is 0.252 e. The van der Waals surface area contributed by atoms with Gasteiger partial charge in [0, 0.05) is 16.0 Å². The van der Waals surface area contributed by atoms with Crippen LogP contribution in [0.1, 0.15) is 36.0 Å². The van der Waals surface area contributed by atoms with Crippen molar-refractivity contribution in [3.05, 3.63) is 27.6 Å². The van der Waals surface area contributed by atoms with Crippen LogP contribution in [0.3, 0.4) is 0 Å². The highest BCUT2D eigenvalue weighted by Gasteiger charge is 2.35. The summed E-state index contributed by atoms with van der Waals surface area (Å²) in [6, 6.07) is 1.71. The van der Waals surface area contributed by atoms with E-state index in [4.69, 9.17) is 0 Å². The predicted octanol–water partition coefficient (Wildman–Crippen LogP) is 1.72. The van der Waals surface area contributed by atoms with Gasteiger partial charge in [0.2, 0.25) is 0 Å². The van der Waals surface area contributed by atoms with E-state index in [1.54, 1.807) is 18.5 Å². The molecule has 0 saturated heterocycles. The molecular weight excluding hydrogens is 331 g/mol. The number of aliphatic hydroxyl groups is 1. The molecule has 1 heterocycles. The van der Waals surface area contributed by atoms with Crippen LogP contribution in [0.4, 0.5) is 0 Å². The zero-order chi connectivity index (χ0) is 12.3. The van der Waals surface area contributed by atoms with Gasteiger partial charge in [0.05, 0.1) is 17.7 Å². The van der Waals surface area contributed by atoms with E-state index in [9.17, 15) is 9.90 Å². The lowest BCUT2D eigenvalue weighted by molar-refractivity contribution is 0.0837. The van der Waals surface area contributed by atoms with Gasteiger partial charge in [-0.05, 0) is 41.5 Å². The molecule has 1 amide bonds. The highest BCUT2D eigenvalue weighted by molar-refractivity contribution is 14.1. The van der Waals surface area contributed by atoms with Crippen LogP contribution in [0.15, 0.2) is 18.5 Å². The van der Waals surface area contributed by atoms with Crippen LogP contribution in [-0.2, 0) is 0 Å². The van der Waals surface area contributed by atoms with Gasteiger partial charge in [0.25, 0.3) is 5.91 Å². The highest BCUT2D eigenvalue weighted by atomic mass is 127. The molecule has 1 fully saturated rings. The summed E-state index contributed by atoms with van der Waals surface area (Å²) in [4.78, 5) is 16.1. The second kappa shape index (κ2) is 5.30. The number of pyridine rings is 1. The topological polar surface area (TPSA) is 62.2 Å². The number of hydrogen-bond donors (Lipinski definition) is 2. The zero-order valence-corrected chi connectivity index (χ0v) is 11.6. The lowest BCUT2D eigenvalue weighted by atomic mass is 9.98. The number of halogens is 1. The van der Waals surface area contributed by atoms with Crippen LogP contribution in [0, 0.1) is 3.57 Å². The quantitative estimate of drug-likeness (QED) is 0.820. The van der Waals surface area contributed by atoms with Gasteiger partial charge >= 0.3 is 0 Å². The van der Waals surface area contributed by atoms with Crippen molar-refractivity contribution >= 4 is 28.5 Å². The summed E-state index contributed by atoms with van der Waals surface area (Å²) in [5, 5.41) is 12.4. The monoisotopic (exact) mass is 346 g/mol. The van der Waals surface area contributed by atoms with Crippen molar-refractivity contribution in [2.45, 2.75) is 31.2 Å². The minimum absolute atomic E-state index is 0.0143. The Kier molecular flexibility index (Phi) is 3.98. The van der Waals surface area contributed by atoms with E-state index >= 15 is 0 Å². The van der Waals surface area contributed by atoms with Gasteiger partial charge in [-0.2, -0.15) is 0 Å². The Bertz CT molecular complexity index is 417. The molecule has 1 aliphatic rings. The fourth-order valence-corrected chi connectivity index (χ4v) is 2.83. The molecule has 1 saturated carbocycles. The molecule has 0 unspecified atom stereocenters. The van der Waals surface area contributed by atoms with Crippen molar-refractivity contribution in [3.63, 3.8) is 0 Å². The third kappa shape index (κ3) is 2.77. The van der Waals surface area contributed by atoms with Gasteiger partial charge in [-0.25, -0.2) is 0 Å². The number of nitrogens with one attached hydrogen (secondary N) is 1. The van der Waals surface area contributed by atoms with Crippen LogP contribution < -0.4 is 5.32 Å². The molecule has 0 aromatic carbocycles. The SMILES string of the molecule is O=C(NC1(CO)CCCC1)c1ccncc1I. The van der Waals surface area contributed by atoms with Gasteiger partial charge in [0.15, 0.2) is 0 Å². The third-order valence-corrected chi connectivity index (χ3v) is 4.12. The summed E-state index contributed by atoms with van der Waals surface area (Å²) in [7, 11) is 0. The fourth-order valence-electron chi connectivity index (χ4n) is 2.24. The summed E-state index contributed by atoms with van der Waals surface area (Å²) in [5.41, 5.74) is 0.212. The predicted molar refractivity (Wildman–Crippen MR) is 72.7 cm³/mol. The van der Waals surface area contributed by atoms with E-state index in [2.05, 4.69) is 32.9 Å². The molecule has 0 atom stereocenters. The molecule has 0 bridgehead atoms. The van der Waals surface area contributed by atoms with Crippen molar-refractivity contribution in [2.24, 2.45) is 0 Å². The van der Waals surface area contributed by atoms with Crippen LogP contribution in [-0.4, -0.2) is 28.1 Å². The minimum Gasteiger partial charge on any atom is -0.394 e. The van der Waals surface area contributed by atoms with Gasteiger partial charge in [-0.1, -0.05) is 12.8 Å².